The van der Waals surface area contributed by atoms with E-state index in [1.807, 2.05) is 24.4 Å². The van der Waals surface area contributed by atoms with Crippen molar-refractivity contribution in [1.29, 1.82) is 0 Å². The minimum atomic E-state index is -0.257. The quantitative estimate of drug-likeness (QED) is 0.777. The molecule has 90 valence electrons. The Kier molecular flexibility index (Phi) is 3.14. The number of carbonyl (C=O) groups excluding carboxylic acids is 1. The van der Waals surface area contributed by atoms with Gasteiger partial charge in [0.25, 0.3) is 5.91 Å². The number of nitrogen functional groups attached to an aromatic ring is 1. The third kappa shape index (κ3) is 2.31. The molecule has 1 unspecified atom stereocenters. The zero-order chi connectivity index (χ0) is 12.4. The van der Waals surface area contributed by atoms with E-state index in [-0.39, 0.29) is 17.6 Å². The predicted octanol–water partition coefficient (Wildman–Crippen LogP) is 1.85. The molecule has 0 fully saturated rings. The highest BCUT2D eigenvalue weighted by Crippen LogP contribution is 2.19. The number of nitrogens with zero attached hydrogens (tertiary/aromatic N) is 1. The lowest BCUT2D eigenvalue weighted by atomic mass is 10.2. The van der Waals surface area contributed by atoms with E-state index in [1.165, 1.54) is 0 Å². The fraction of sp³-hybridized carbons (Fsp3) is 0.273. The molecule has 4 N–H and O–H groups in total. The molecule has 0 bridgehead atoms. The summed E-state index contributed by atoms with van der Waals surface area (Å²) in [6, 6.07) is 3.89. The molecule has 0 saturated heterocycles. The van der Waals surface area contributed by atoms with E-state index in [9.17, 15) is 4.79 Å². The molecular weight excluding hydrogens is 236 g/mol. The highest BCUT2D eigenvalue weighted by Gasteiger charge is 2.18. The summed E-state index contributed by atoms with van der Waals surface area (Å²) in [7, 11) is 0. The van der Waals surface area contributed by atoms with Crippen molar-refractivity contribution >= 4 is 22.9 Å². The molecule has 2 aromatic rings. The monoisotopic (exact) mass is 250 g/mol. The Morgan fingerprint density at radius 1 is 1.65 bits per heavy atom. The van der Waals surface area contributed by atoms with Crippen molar-refractivity contribution in [3.63, 3.8) is 0 Å². The zero-order valence-corrected chi connectivity index (χ0v) is 10.5. The highest BCUT2D eigenvalue weighted by atomic mass is 32.1. The van der Waals surface area contributed by atoms with Gasteiger partial charge in [0.1, 0.15) is 0 Å². The van der Waals surface area contributed by atoms with Crippen molar-refractivity contribution in [2.75, 3.05) is 5.73 Å². The molecule has 17 heavy (non-hydrogen) atoms. The van der Waals surface area contributed by atoms with Crippen molar-refractivity contribution in [3.8, 4) is 0 Å². The molecule has 0 aliphatic carbocycles. The van der Waals surface area contributed by atoms with Gasteiger partial charge in [-0.3, -0.25) is 9.89 Å². The van der Waals surface area contributed by atoms with Crippen LogP contribution in [-0.2, 0) is 0 Å². The molecule has 2 heterocycles. The molecule has 0 spiro atoms. The fourth-order valence-corrected chi connectivity index (χ4v) is 2.22. The predicted molar refractivity (Wildman–Crippen MR) is 67.9 cm³/mol. The number of hydrogen-bond acceptors (Lipinski definition) is 4. The van der Waals surface area contributed by atoms with Crippen LogP contribution in [0.5, 0.6) is 0 Å². The molecule has 2 rings (SSSR count). The van der Waals surface area contributed by atoms with Gasteiger partial charge in [-0.25, -0.2) is 0 Å². The van der Waals surface area contributed by atoms with Gasteiger partial charge in [0.05, 0.1) is 17.4 Å². The van der Waals surface area contributed by atoms with E-state index in [0.29, 0.717) is 11.4 Å². The molecular formula is C11H14N4OS. The Bertz CT molecular complexity index is 518. The topological polar surface area (TPSA) is 83.8 Å². The number of thiophene rings is 1. The first-order valence-electron chi connectivity index (χ1n) is 5.24. The number of anilines is 1. The largest absolute Gasteiger partial charge is 0.395 e. The number of aromatic nitrogens is 2. The Labute approximate surface area is 103 Å². The van der Waals surface area contributed by atoms with Gasteiger partial charge < -0.3 is 11.1 Å². The van der Waals surface area contributed by atoms with Gasteiger partial charge >= 0.3 is 0 Å². The van der Waals surface area contributed by atoms with E-state index in [2.05, 4.69) is 15.5 Å². The Balaban J connectivity index is 2.10. The minimum Gasteiger partial charge on any atom is -0.395 e. The first-order valence-corrected chi connectivity index (χ1v) is 6.12. The van der Waals surface area contributed by atoms with Crippen LogP contribution < -0.4 is 11.1 Å². The minimum absolute atomic E-state index is 0.0427. The maximum absolute atomic E-state index is 11.9. The Hall–Kier alpha value is -1.82. The molecule has 0 aliphatic heterocycles. The molecule has 0 saturated carbocycles. The summed E-state index contributed by atoms with van der Waals surface area (Å²) in [5.74, 6) is -0.257. The van der Waals surface area contributed by atoms with Gasteiger partial charge in [-0.15, -0.1) is 11.3 Å². The van der Waals surface area contributed by atoms with Crippen LogP contribution in [0.3, 0.4) is 0 Å². The summed E-state index contributed by atoms with van der Waals surface area (Å²) in [6.45, 7) is 3.71. The van der Waals surface area contributed by atoms with Crippen molar-refractivity contribution in [1.82, 2.24) is 15.5 Å². The second kappa shape index (κ2) is 4.58. The van der Waals surface area contributed by atoms with Crippen molar-refractivity contribution in [3.05, 3.63) is 33.8 Å². The summed E-state index contributed by atoms with van der Waals surface area (Å²) in [5.41, 5.74) is 7.11. The number of rotatable bonds is 3. The van der Waals surface area contributed by atoms with Gasteiger partial charge in [-0.2, -0.15) is 5.10 Å². The summed E-state index contributed by atoms with van der Waals surface area (Å²) in [5, 5.41) is 11.4. The lowest BCUT2D eigenvalue weighted by molar-refractivity contribution is 0.0936. The summed E-state index contributed by atoms with van der Waals surface area (Å²) >= 11 is 1.60. The smallest absolute Gasteiger partial charge is 0.274 e. The average molecular weight is 250 g/mol. The number of carbonyl (C=O) groups is 1. The van der Waals surface area contributed by atoms with Gasteiger partial charge in [0, 0.05) is 4.88 Å². The second-order valence-electron chi connectivity index (χ2n) is 3.82. The molecule has 5 nitrogen and oxygen atoms in total. The lowest BCUT2D eigenvalue weighted by Crippen LogP contribution is -2.27. The maximum atomic E-state index is 11.9. The molecule has 0 aromatic carbocycles. The maximum Gasteiger partial charge on any atom is 0.274 e. The van der Waals surface area contributed by atoms with Crippen LogP contribution in [-0.4, -0.2) is 16.1 Å². The van der Waals surface area contributed by atoms with Gasteiger partial charge in [-0.1, -0.05) is 6.07 Å². The van der Waals surface area contributed by atoms with Crippen LogP contribution in [0.2, 0.25) is 0 Å². The van der Waals surface area contributed by atoms with Crippen molar-refractivity contribution in [2.24, 2.45) is 0 Å². The second-order valence-corrected chi connectivity index (χ2v) is 4.80. The number of nitrogens with two attached hydrogens (primary N) is 1. The number of aromatic amines is 1. The summed E-state index contributed by atoms with van der Waals surface area (Å²) in [6.07, 6.45) is 0. The Morgan fingerprint density at radius 3 is 2.94 bits per heavy atom. The molecule has 0 aliphatic rings. The third-order valence-electron chi connectivity index (χ3n) is 2.53. The summed E-state index contributed by atoms with van der Waals surface area (Å²) in [4.78, 5) is 13.0. The third-order valence-corrected chi connectivity index (χ3v) is 3.58. The van der Waals surface area contributed by atoms with E-state index >= 15 is 0 Å². The average Bonchev–Trinajstić information content (AvgIpc) is 2.90. The van der Waals surface area contributed by atoms with Crippen LogP contribution in [0, 0.1) is 6.92 Å². The fourth-order valence-electron chi connectivity index (χ4n) is 1.48. The van der Waals surface area contributed by atoms with E-state index in [0.717, 1.165) is 4.88 Å². The van der Waals surface area contributed by atoms with Gasteiger partial charge in [0.15, 0.2) is 5.69 Å². The van der Waals surface area contributed by atoms with E-state index < -0.39 is 0 Å². The van der Waals surface area contributed by atoms with Gasteiger partial charge in [-0.05, 0) is 25.3 Å². The van der Waals surface area contributed by atoms with Crippen LogP contribution in [0.25, 0.3) is 0 Å². The summed E-state index contributed by atoms with van der Waals surface area (Å²) < 4.78 is 0. The number of hydrogen-bond donors (Lipinski definition) is 3. The van der Waals surface area contributed by atoms with Crippen LogP contribution >= 0.6 is 11.3 Å². The highest BCUT2D eigenvalue weighted by molar-refractivity contribution is 7.10. The van der Waals surface area contributed by atoms with E-state index in [4.69, 9.17) is 5.73 Å². The van der Waals surface area contributed by atoms with E-state index in [1.54, 1.807) is 18.3 Å². The molecule has 0 radical (unpaired) electrons. The first kappa shape index (κ1) is 11.7. The Morgan fingerprint density at radius 2 is 2.41 bits per heavy atom. The van der Waals surface area contributed by atoms with Crippen LogP contribution in [0.4, 0.5) is 5.69 Å². The molecule has 2 aromatic heterocycles. The number of amides is 1. The van der Waals surface area contributed by atoms with Crippen molar-refractivity contribution in [2.45, 2.75) is 19.9 Å². The SMILES string of the molecule is Cc1[nH]nc(C(=O)NC(C)c2cccs2)c1N. The number of aryl methyl sites for hydroxylation is 1. The number of nitrogens with one attached hydrogen (secondary N) is 2. The molecule has 6 heteroatoms. The standard InChI is InChI=1S/C11H14N4OS/c1-6(8-4-3-5-17-8)13-11(16)10-9(12)7(2)14-15-10/h3-6H,12H2,1-2H3,(H,13,16)(H,14,15). The van der Waals surface area contributed by atoms with Crippen molar-refractivity contribution < 1.29 is 4.79 Å². The lowest BCUT2D eigenvalue weighted by Gasteiger charge is -2.11. The molecule has 1 atom stereocenters. The molecule has 1 amide bonds. The van der Waals surface area contributed by atoms with Crippen LogP contribution in [0.15, 0.2) is 17.5 Å². The van der Waals surface area contributed by atoms with Gasteiger partial charge in [0.2, 0.25) is 0 Å². The first-order chi connectivity index (χ1) is 8.09. The number of H-pyrrole nitrogens is 1. The zero-order valence-electron chi connectivity index (χ0n) is 9.65. The normalized spacial score (nSPS) is 12.4. The van der Waals surface area contributed by atoms with Crippen LogP contribution in [0.1, 0.15) is 34.0 Å².